The molecule has 0 spiro atoms. The minimum absolute atomic E-state index is 0.870. The molecule has 0 heterocycles. The first-order valence-electron chi connectivity index (χ1n) is 6.37. The zero-order valence-electron chi connectivity index (χ0n) is 10.7. The summed E-state index contributed by atoms with van der Waals surface area (Å²) in [5.41, 5.74) is 4.77. The molecule has 0 saturated heterocycles. The highest BCUT2D eigenvalue weighted by Gasteiger charge is 1.99. The lowest BCUT2D eigenvalue weighted by Crippen LogP contribution is -1.81. The summed E-state index contributed by atoms with van der Waals surface area (Å²) in [4.78, 5) is 1.74. The van der Waals surface area contributed by atoms with Crippen molar-refractivity contribution in [1.82, 2.24) is 0 Å². The lowest BCUT2D eigenvalue weighted by Gasteiger charge is -2.09. The molecule has 0 fully saturated rings. The zero-order valence-corrected chi connectivity index (χ0v) is 12.4. The Bertz CT molecular complexity index is 631. The van der Waals surface area contributed by atoms with Crippen molar-refractivity contribution in [3.63, 3.8) is 0 Å². The second kappa shape index (κ2) is 5.61. The molecule has 3 aromatic carbocycles. The smallest absolute Gasteiger partial charge is 0.0184 e. The molecule has 0 atom stereocenters. The van der Waals surface area contributed by atoms with E-state index in [0.717, 1.165) is 9.79 Å². The summed E-state index contributed by atoms with van der Waals surface area (Å²) in [6.07, 6.45) is 0. The van der Waals surface area contributed by atoms with Crippen molar-refractivity contribution < 1.29 is 0 Å². The maximum absolute atomic E-state index is 5.11. The van der Waals surface area contributed by atoms with E-state index >= 15 is 0 Å². The van der Waals surface area contributed by atoms with Gasteiger partial charge in [-0.25, -0.2) is 0 Å². The quantitative estimate of drug-likeness (QED) is 0.620. The van der Waals surface area contributed by atoms with Gasteiger partial charge in [0.2, 0.25) is 0 Å². The predicted molar refractivity (Wildman–Crippen MR) is 88.6 cm³/mol. The molecule has 0 radical (unpaired) electrons. The van der Waals surface area contributed by atoms with Crippen molar-refractivity contribution in [3.05, 3.63) is 72.8 Å². The zero-order chi connectivity index (χ0) is 13.9. The van der Waals surface area contributed by atoms with E-state index in [-0.39, 0.29) is 0 Å². The predicted octanol–water partition coefficient (Wildman–Crippen LogP) is 4.83. The minimum Gasteiger partial charge on any atom is -0.780 e. The summed E-state index contributed by atoms with van der Waals surface area (Å²) in [6, 6.07) is 24.6. The Labute approximate surface area is 130 Å². The van der Waals surface area contributed by atoms with E-state index in [4.69, 9.17) is 25.3 Å². The maximum atomic E-state index is 5.11. The highest BCUT2D eigenvalue weighted by molar-refractivity contribution is 7.59. The van der Waals surface area contributed by atoms with Crippen LogP contribution in [0.15, 0.2) is 82.6 Å². The van der Waals surface area contributed by atoms with Gasteiger partial charge in [-0.2, -0.15) is 9.79 Å². The molecular weight excluding hydrogens is 280 g/mol. The highest BCUT2D eigenvalue weighted by Crippen LogP contribution is 2.25. The monoisotopic (exact) mass is 292 g/mol. The topological polar surface area (TPSA) is 0 Å². The molecule has 0 bridgehead atoms. The van der Waals surface area contributed by atoms with Crippen molar-refractivity contribution in [1.29, 1.82) is 0 Å². The van der Waals surface area contributed by atoms with E-state index in [1.54, 1.807) is 0 Å². The van der Waals surface area contributed by atoms with Crippen molar-refractivity contribution in [2.24, 2.45) is 0 Å². The van der Waals surface area contributed by atoms with Gasteiger partial charge < -0.3 is 25.3 Å². The third-order valence-electron chi connectivity index (χ3n) is 3.26. The molecule has 0 aliphatic rings. The van der Waals surface area contributed by atoms with Crippen molar-refractivity contribution in [2.75, 3.05) is 0 Å². The number of benzene rings is 3. The first kappa shape index (κ1) is 13.1. The number of hydrogen-bond donors (Lipinski definition) is 0. The van der Waals surface area contributed by atoms with Crippen LogP contribution < -0.4 is 0 Å². The van der Waals surface area contributed by atoms with Crippen LogP contribution in [0, 0.1) is 0 Å². The number of rotatable bonds is 2. The summed E-state index contributed by atoms with van der Waals surface area (Å²) in [6.45, 7) is 0. The fraction of sp³-hybridized carbons (Fsp3) is 0. The van der Waals surface area contributed by atoms with E-state index in [2.05, 4.69) is 48.5 Å². The summed E-state index contributed by atoms with van der Waals surface area (Å²) in [5, 5.41) is 0. The van der Waals surface area contributed by atoms with Crippen LogP contribution in [0.5, 0.6) is 0 Å². The molecule has 2 heteroatoms. The van der Waals surface area contributed by atoms with E-state index in [1.807, 2.05) is 24.3 Å². The summed E-state index contributed by atoms with van der Waals surface area (Å²) in [5.74, 6) is 0. The molecule has 0 aliphatic heterocycles. The second-order valence-corrected chi connectivity index (χ2v) is 5.57. The molecule has 0 aromatic heterocycles. The Hall–Kier alpha value is -1.90. The van der Waals surface area contributed by atoms with Crippen LogP contribution in [0.4, 0.5) is 0 Å². The van der Waals surface area contributed by atoms with Crippen molar-refractivity contribution in [3.8, 4) is 22.3 Å². The Balaban J connectivity index is 1.91. The van der Waals surface area contributed by atoms with Crippen LogP contribution in [-0.2, 0) is 25.3 Å². The molecule has 3 rings (SSSR count). The van der Waals surface area contributed by atoms with Gasteiger partial charge in [-0.1, -0.05) is 72.8 Å². The summed E-state index contributed by atoms with van der Waals surface area (Å²) in [7, 11) is 0. The van der Waals surface area contributed by atoms with Crippen LogP contribution in [0.3, 0.4) is 0 Å². The first-order chi connectivity index (χ1) is 9.72. The average Bonchev–Trinajstić information content (AvgIpc) is 2.49. The summed E-state index contributed by atoms with van der Waals surface area (Å²) < 4.78 is 0. The Morgan fingerprint density at radius 1 is 0.350 bits per heavy atom. The van der Waals surface area contributed by atoms with Crippen LogP contribution in [0.25, 0.3) is 22.3 Å². The average molecular weight is 292 g/mol. The first-order valence-corrected chi connectivity index (χ1v) is 7.19. The van der Waals surface area contributed by atoms with Crippen molar-refractivity contribution in [2.45, 2.75) is 9.79 Å². The summed E-state index contributed by atoms with van der Waals surface area (Å²) >= 11 is 10.2. The standard InChI is InChI=1S/C18H14S2/c19-17-9-5-15(6-10-17)13-1-2-14(4-3-13)16-7-11-18(20)12-8-16/h1-12,19-20H/p-2. The fourth-order valence-electron chi connectivity index (χ4n) is 2.15. The van der Waals surface area contributed by atoms with Gasteiger partial charge in [0.25, 0.3) is 0 Å². The van der Waals surface area contributed by atoms with Gasteiger partial charge in [-0.15, -0.1) is 0 Å². The van der Waals surface area contributed by atoms with Crippen LogP contribution in [0.1, 0.15) is 0 Å². The molecule has 0 saturated carbocycles. The van der Waals surface area contributed by atoms with Crippen LogP contribution >= 0.6 is 0 Å². The van der Waals surface area contributed by atoms with Gasteiger partial charge in [0, 0.05) is 0 Å². The highest BCUT2D eigenvalue weighted by atomic mass is 32.1. The lowest BCUT2D eigenvalue weighted by atomic mass is 10.0. The van der Waals surface area contributed by atoms with E-state index in [1.165, 1.54) is 22.3 Å². The molecule has 0 unspecified atom stereocenters. The molecule has 0 nitrogen and oxygen atoms in total. The maximum Gasteiger partial charge on any atom is -0.0184 e. The number of hydrogen-bond acceptors (Lipinski definition) is 2. The molecule has 3 aromatic rings. The largest absolute Gasteiger partial charge is 0.780 e. The van der Waals surface area contributed by atoms with Gasteiger partial charge in [0.15, 0.2) is 0 Å². The Morgan fingerprint density at radius 2 is 0.550 bits per heavy atom. The van der Waals surface area contributed by atoms with Gasteiger partial charge in [-0.05, 0) is 22.3 Å². The lowest BCUT2D eigenvalue weighted by molar-refractivity contribution is 1.46. The molecular formula is C18H12S2-2. The van der Waals surface area contributed by atoms with Gasteiger partial charge >= 0.3 is 0 Å². The minimum atomic E-state index is 0.870. The molecule has 0 amide bonds. The van der Waals surface area contributed by atoms with Gasteiger partial charge in [-0.3, -0.25) is 0 Å². The third-order valence-corrected chi connectivity index (χ3v) is 3.80. The molecule has 0 N–H and O–H groups in total. The molecule has 0 aliphatic carbocycles. The van der Waals surface area contributed by atoms with Gasteiger partial charge in [0.1, 0.15) is 0 Å². The molecule has 98 valence electrons. The Kier molecular flexibility index (Phi) is 3.68. The normalized spacial score (nSPS) is 10.4. The van der Waals surface area contributed by atoms with Crippen LogP contribution in [0.2, 0.25) is 0 Å². The van der Waals surface area contributed by atoms with Crippen LogP contribution in [-0.4, -0.2) is 0 Å². The van der Waals surface area contributed by atoms with Crippen molar-refractivity contribution >= 4 is 25.3 Å². The van der Waals surface area contributed by atoms with E-state index < -0.39 is 0 Å². The Morgan fingerprint density at radius 3 is 0.800 bits per heavy atom. The van der Waals surface area contributed by atoms with E-state index in [9.17, 15) is 0 Å². The fourth-order valence-corrected chi connectivity index (χ4v) is 2.42. The SMILES string of the molecule is [S-]c1ccc(-c2ccc(-c3ccc([S-])cc3)cc2)cc1. The second-order valence-electron chi connectivity index (χ2n) is 4.63. The molecule has 20 heavy (non-hydrogen) atoms. The van der Waals surface area contributed by atoms with Gasteiger partial charge in [0.05, 0.1) is 0 Å². The van der Waals surface area contributed by atoms with E-state index in [0.29, 0.717) is 0 Å². The third kappa shape index (κ3) is 2.82.